The first-order chi connectivity index (χ1) is 8.69. The molecule has 1 nitrogen and oxygen atoms in total. The van der Waals surface area contributed by atoms with E-state index in [2.05, 4.69) is 5.32 Å². The molecule has 1 N–H and O–H groups in total. The van der Waals surface area contributed by atoms with Crippen LogP contribution in [0.4, 0.5) is 14.5 Å². The molecule has 0 bridgehead atoms. The maximum Gasteiger partial charge on any atom is 0.123 e. The molecule has 94 valence electrons. The minimum absolute atomic E-state index is 0.0936. The van der Waals surface area contributed by atoms with Crippen molar-refractivity contribution in [2.75, 3.05) is 5.32 Å². The van der Waals surface area contributed by atoms with Gasteiger partial charge < -0.3 is 5.32 Å². The molecule has 1 atom stereocenters. The number of benzene rings is 2. The average molecular weight is 247 g/mol. The summed E-state index contributed by atoms with van der Waals surface area (Å²) >= 11 is 0. The Bertz CT molecular complexity index is 491. The molecule has 0 radical (unpaired) electrons. The van der Waals surface area contributed by atoms with E-state index in [1.165, 1.54) is 24.3 Å². The molecular weight excluding hydrogens is 232 g/mol. The van der Waals surface area contributed by atoms with Crippen LogP contribution in [0.1, 0.15) is 24.9 Å². The Morgan fingerprint density at radius 2 is 1.39 bits per heavy atom. The van der Waals surface area contributed by atoms with Gasteiger partial charge in [-0.3, -0.25) is 0 Å². The van der Waals surface area contributed by atoms with Gasteiger partial charge in [0.15, 0.2) is 0 Å². The van der Waals surface area contributed by atoms with Crippen molar-refractivity contribution in [2.24, 2.45) is 0 Å². The van der Waals surface area contributed by atoms with Crippen LogP contribution in [-0.4, -0.2) is 0 Å². The fourth-order valence-corrected chi connectivity index (χ4v) is 1.86. The third-order valence-corrected chi connectivity index (χ3v) is 2.87. The molecule has 0 aromatic heterocycles. The molecule has 18 heavy (non-hydrogen) atoms. The summed E-state index contributed by atoms with van der Waals surface area (Å²) in [6.45, 7) is 2.05. The fourth-order valence-electron chi connectivity index (χ4n) is 1.86. The summed E-state index contributed by atoms with van der Waals surface area (Å²) in [6.07, 6.45) is 0.864. The van der Waals surface area contributed by atoms with Gasteiger partial charge in [-0.2, -0.15) is 0 Å². The van der Waals surface area contributed by atoms with Gasteiger partial charge in [0, 0.05) is 5.69 Å². The zero-order valence-electron chi connectivity index (χ0n) is 10.2. The molecule has 0 fully saturated rings. The molecule has 3 heteroatoms. The smallest absolute Gasteiger partial charge is 0.123 e. The van der Waals surface area contributed by atoms with Crippen LogP contribution >= 0.6 is 0 Å². The van der Waals surface area contributed by atoms with Crippen LogP contribution in [0.25, 0.3) is 0 Å². The lowest BCUT2D eigenvalue weighted by Gasteiger charge is -2.18. The first kappa shape index (κ1) is 12.6. The van der Waals surface area contributed by atoms with Crippen molar-refractivity contribution < 1.29 is 8.78 Å². The molecule has 0 aliphatic rings. The molecule has 0 saturated carbocycles. The summed E-state index contributed by atoms with van der Waals surface area (Å²) in [5.74, 6) is -0.495. The molecule has 0 aliphatic carbocycles. The summed E-state index contributed by atoms with van der Waals surface area (Å²) in [6, 6.07) is 12.7. The van der Waals surface area contributed by atoms with E-state index in [9.17, 15) is 8.78 Å². The van der Waals surface area contributed by atoms with E-state index in [-0.39, 0.29) is 17.7 Å². The zero-order valence-corrected chi connectivity index (χ0v) is 10.2. The SMILES string of the molecule is CCC(Nc1ccc(F)cc1)c1ccc(F)cc1. The van der Waals surface area contributed by atoms with Gasteiger partial charge in [-0.15, -0.1) is 0 Å². The van der Waals surface area contributed by atoms with E-state index in [0.29, 0.717) is 0 Å². The molecule has 0 amide bonds. The second-order valence-electron chi connectivity index (χ2n) is 4.16. The Kier molecular flexibility index (Phi) is 3.92. The van der Waals surface area contributed by atoms with Crippen molar-refractivity contribution in [3.63, 3.8) is 0 Å². The minimum atomic E-state index is -0.254. The van der Waals surface area contributed by atoms with Crippen LogP contribution in [0.2, 0.25) is 0 Å². The van der Waals surface area contributed by atoms with Gasteiger partial charge in [-0.05, 0) is 48.4 Å². The second-order valence-corrected chi connectivity index (χ2v) is 4.16. The molecule has 2 rings (SSSR count). The van der Waals surface area contributed by atoms with E-state index in [0.717, 1.165) is 17.7 Å². The third kappa shape index (κ3) is 3.06. The summed E-state index contributed by atoms with van der Waals surface area (Å²) in [4.78, 5) is 0. The molecule has 2 aromatic carbocycles. The zero-order chi connectivity index (χ0) is 13.0. The highest BCUT2D eigenvalue weighted by Crippen LogP contribution is 2.22. The number of rotatable bonds is 4. The topological polar surface area (TPSA) is 12.0 Å². The second kappa shape index (κ2) is 5.63. The lowest BCUT2D eigenvalue weighted by Crippen LogP contribution is -2.09. The van der Waals surface area contributed by atoms with Gasteiger partial charge in [-0.1, -0.05) is 19.1 Å². The lowest BCUT2D eigenvalue weighted by molar-refractivity contribution is 0.624. The summed E-state index contributed by atoms with van der Waals surface area (Å²) in [5.41, 5.74) is 1.87. The van der Waals surface area contributed by atoms with Gasteiger partial charge >= 0.3 is 0 Å². The minimum Gasteiger partial charge on any atom is -0.378 e. The molecular formula is C15H15F2N. The highest BCUT2D eigenvalue weighted by atomic mass is 19.1. The standard InChI is InChI=1S/C15H15F2N/c1-2-15(11-3-5-12(16)6-4-11)18-14-9-7-13(17)8-10-14/h3-10,15,18H,2H2,1H3. The van der Waals surface area contributed by atoms with Crippen molar-refractivity contribution in [1.82, 2.24) is 0 Å². The Balaban J connectivity index is 2.14. The number of hydrogen-bond acceptors (Lipinski definition) is 1. The molecule has 1 unspecified atom stereocenters. The molecule has 0 aliphatic heterocycles. The van der Waals surface area contributed by atoms with Gasteiger partial charge in [0.25, 0.3) is 0 Å². The number of hydrogen-bond donors (Lipinski definition) is 1. The van der Waals surface area contributed by atoms with Gasteiger partial charge in [0.05, 0.1) is 6.04 Å². The van der Waals surface area contributed by atoms with Crippen molar-refractivity contribution in [3.8, 4) is 0 Å². The quantitative estimate of drug-likeness (QED) is 0.837. The van der Waals surface area contributed by atoms with E-state index in [1.807, 2.05) is 6.92 Å². The Morgan fingerprint density at radius 1 is 0.889 bits per heavy atom. The molecule has 0 heterocycles. The summed E-state index contributed by atoms with van der Waals surface area (Å²) in [7, 11) is 0. The highest BCUT2D eigenvalue weighted by molar-refractivity contribution is 5.45. The molecule has 0 saturated heterocycles. The predicted molar refractivity (Wildman–Crippen MR) is 69.5 cm³/mol. The Hall–Kier alpha value is -1.90. The fraction of sp³-hybridized carbons (Fsp3) is 0.200. The van der Waals surface area contributed by atoms with Crippen molar-refractivity contribution in [3.05, 3.63) is 65.7 Å². The Morgan fingerprint density at radius 3 is 1.89 bits per heavy atom. The van der Waals surface area contributed by atoms with Crippen molar-refractivity contribution >= 4 is 5.69 Å². The van der Waals surface area contributed by atoms with E-state index < -0.39 is 0 Å². The first-order valence-electron chi connectivity index (χ1n) is 5.96. The van der Waals surface area contributed by atoms with Crippen LogP contribution in [0.15, 0.2) is 48.5 Å². The van der Waals surface area contributed by atoms with Gasteiger partial charge in [-0.25, -0.2) is 8.78 Å². The summed E-state index contributed by atoms with van der Waals surface area (Å²) in [5, 5.41) is 3.30. The van der Waals surface area contributed by atoms with Crippen molar-refractivity contribution in [1.29, 1.82) is 0 Å². The Labute approximate surface area is 105 Å². The normalized spacial score (nSPS) is 12.2. The lowest BCUT2D eigenvalue weighted by atomic mass is 10.0. The highest BCUT2D eigenvalue weighted by Gasteiger charge is 2.09. The number of anilines is 1. The third-order valence-electron chi connectivity index (χ3n) is 2.87. The summed E-state index contributed by atoms with van der Waals surface area (Å²) < 4.78 is 25.7. The van der Waals surface area contributed by atoms with Crippen molar-refractivity contribution in [2.45, 2.75) is 19.4 Å². The predicted octanol–water partition coefficient (Wildman–Crippen LogP) is 4.53. The van der Waals surface area contributed by atoms with Gasteiger partial charge in [0.1, 0.15) is 11.6 Å². The van der Waals surface area contributed by atoms with E-state index >= 15 is 0 Å². The maximum absolute atomic E-state index is 12.9. The monoisotopic (exact) mass is 247 g/mol. The van der Waals surface area contributed by atoms with Crippen LogP contribution in [0.3, 0.4) is 0 Å². The van der Waals surface area contributed by atoms with Crippen LogP contribution < -0.4 is 5.32 Å². The number of halogens is 2. The number of nitrogens with one attached hydrogen (secondary N) is 1. The molecule has 0 spiro atoms. The maximum atomic E-state index is 12.9. The average Bonchev–Trinajstić information content (AvgIpc) is 2.39. The van der Waals surface area contributed by atoms with Crippen LogP contribution in [-0.2, 0) is 0 Å². The van der Waals surface area contributed by atoms with E-state index in [1.54, 1.807) is 24.3 Å². The molecule has 2 aromatic rings. The van der Waals surface area contributed by atoms with Gasteiger partial charge in [0.2, 0.25) is 0 Å². The first-order valence-corrected chi connectivity index (χ1v) is 5.96. The largest absolute Gasteiger partial charge is 0.378 e. The van der Waals surface area contributed by atoms with Crippen LogP contribution in [0.5, 0.6) is 0 Å². The van der Waals surface area contributed by atoms with Crippen LogP contribution in [0, 0.1) is 11.6 Å². The van der Waals surface area contributed by atoms with E-state index in [4.69, 9.17) is 0 Å².